The molecule has 5 heteroatoms. The molecule has 1 saturated carbocycles. The minimum absolute atomic E-state index is 0.122. The molecule has 1 amide bonds. The van der Waals surface area contributed by atoms with E-state index in [-0.39, 0.29) is 17.1 Å². The predicted molar refractivity (Wildman–Crippen MR) is 95.9 cm³/mol. The maximum Gasteiger partial charge on any atom is 0.219 e. The quantitative estimate of drug-likeness (QED) is 0.788. The Balaban J connectivity index is 1.42. The number of nitrogens with zero attached hydrogens (tertiary/aromatic N) is 2. The first-order valence-corrected chi connectivity index (χ1v) is 10.2. The number of thioether (sulfide) groups is 1. The Labute approximate surface area is 145 Å². The third kappa shape index (κ3) is 4.43. The molecule has 0 radical (unpaired) electrons. The smallest absolute Gasteiger partial charge is 0.219 e. The lowest BCUT2D eigenvalue weighted by molar-refractivity contribution is -0.244. The molecule has 132 valence electrons. The number of hydrogen-bond donors (Lipinski definition) is 0. The van der Waals surface area contributed by atoms with E-state index in [2.05, 4.69) is 30.5 Å². The minimum Gasteiger partial charge on any atom is -0.363 e. The molecule has 3 rings (SSSR count). The van der Waals surface area contributed by atoms with Gasteiger partial charge in [-0.05, 0) is 26.7 Å². The highest BCUT2D eigenvalue weighted by Gasteiger charge is 2.52. The summed E-state index contributed by atoms with van der Waals surface area (Å²) in [5.41, 5.74) is -0.351. The van der Waals surface area contributed by atoms with Crippen molar-refractivity contribution in [1.29, 1.82) is 0 Å². The first kappa shape index (κ1) is 17.6. The first-order valence-electron chi connectivity index (χ1n) is 9.17. The SMILES string of the molecule is CC(=O)N1CC(C)(C)OC2(CN(CCSC3CCCCC3)C2)C1. The van der Waals surface area contributed by atoms with E-state index in [0.717, 1.165) is 31.4 Å². The molecule has 0 aromatic heterocycles. The number of amides is 1. The number of rotatable bonds is 4. The summed E-state index contributed by atoms with van der Waals surface area (Å²) in [6.07, 6.45) is 7.12. The summed E-state index contributed by atoms with van der Waals surface area (Å²) >= 11 is 2.17. The molecule has 0 unspecified atom stereocenters. The predicted octanol–water partition coefficient (Wildman–Crippen LogP) is 2.76. The molecule has 0 atom stereocenters. The van der Waals surface area contributed by atoms with E-state index in [9.17, 15) is 4.79 Å². The van der Waals surface area contributed by atoms with Crippen LogP contribution in [0.2, 0.25) is 0 Å². The fourth-order valence-corrected chi connectivity index (χ4v) is 5.77. The van der Waals surface area contributed by atoms with E-state index in [0.29, 0.717) is 6.54 Å². The van der Waals surface area contributed by atoms with Crippen molar-refractivity contribution in [3.63, 3.8) is 0 Å². The summed E-state index contributed by atoms with van der Waals surface area (Å²) in [5, 5.41) is 0.900. The van der Waals surface area contributed by atoms with Gasteiger partial charge in [-0.15, -0.1) is 0 Å². The van der Waals surface area contributed by atoms with Crippen LogP contribution < -0.4 is 0 Å². The van der Waals surface area contributed by atoms with Crippen molar-refractivity contribution >= 4 is 17.7 Å². The molecule has 1 aliphatic carbocycles. The van der Waals surface area contributed by atoms with Crippen molar-refractivity contribution in [2.75, 3.05) is 38.5 Å². The normalized spacial score (nSPS) is 27.9. The topological polar surface area (TPSA) is 32.8 Å². The number of likely N-dealkylation sites (tertiary alicyclic amines) is 1. The van der Waals surface area contributed by atoms with Crippen molar-refractivity contribution in [2.45, 2.75) is 69.3 Å². The van der Waals surface area contributed by atoms with E-state index in [1.54, 1.807) is 6.92 Å². The Bertz CT molecular complexity index is 429. The van der Waals surface area contributed by atoms with Gasteiger partial charge in [-0.25, -0.2) is 0 Å². The third-order valence-corrected chi connectivity index (χ3v) is 6.69. The molecule has 0 bridgehead atoms. The molecule has 0 N–H and O–H groups in total. The minimum atomic E-state index is -0.229. The van der Waals surface area contributed by atoms with Crippen LogP contribution in [0.15, 0.2) is 0 Å². The van der Waals surface area contributed by atoms with Gasteiger partial charge in [-0.2, -0.15) is 11.8 Å². The molecule has 3 aliphatic rings. The van der Waals surface area contributed by atoms with Crippen molar-refractivity contribution in [3.8, 4) is 0 Å². The molecular weight excluding hydrogens is 308 g/mol. The van der Waals surface area contributed by atoms with Gasteiger partial charge < -0.3 is 9.64 Å². The van der Waals surface area contributed by atoms with Crippen LogP contribution in [0.5, 0.6) is 0 Å². The lowest BCUT2D eigenvalue weighted by Crippen LogP contribution is -2.73. The lowest BCUT2D eigenvalue weighted by atomic mass is 9.88. The summed E-state index contributed by atoms with van der Waals surface area (Å²) in [6, 6.07) is 0. The molecule has 0 aromatic rings. The van der Waals surface area contributed by atoms with Crippen molar-refractivity contribution in [2.24, 2.45) is 0 Å². The Morgan fingerprint density at radius 3 is 2.48 bits per heavy atom. The average Bonchev–Trinajstić information content (AvgIpc) is 2.45. The Kier molecular flexibility index (Phi) is 5.29. The van der Waals surface area contributed by atoms with Gasteiger partial charge in [0.05, 0.1) is 12.1 Å². The molecule has 4 nitrogen and oxygen atoms in total. The first-order chi connectivity index (χ1) is 10.9. The fraction of sp³-hybridized carbons (Fsp3) is 0.944. The van der Waals surface area contributed by atoms with E-state index in [1.807, 2.05) is 4.90 Å². The van der Waals surface area contributed by atoms with E-state index >= 15 is 0 Å². The fourth-order valence-electron chi connectivity index (χ4n) is 4.41. The van der Waals surface area contributed by atoms with Gasteiger partial charge in [-0.1, -0.05) is 19.3 Å². The lowest BCUT2D eigenvalue weighted by Gasteiger charge is -2.58. The summed E-state index contributed by atoms with van der Waals surface area (Å²) in [7, 11) is 0. The second-order valence-corrected chi connectivity index (χ2v) is 9.67. The number of hydrogen-bond acceptors (Lipinski definition) is 4. The zero-order chi connectivity index (χ0) is 16.5. The summed E-state index contributed by atoms with van der Waals surface area (Å²) in [4.78, 5) is 16.3. The van der Waals surface area contributed by atoms with E-state index in [4.69, 9.17) is 4.74 Å². The zero-order valence-corrected chi connectivity index (χ0v) is 15.8. The van der Waals surface area contributed by atoms with Crippen LogP contribution in [0.1, 0.15) is 52.9 Å². The van der Waals surface area contributed by atoms with Crippen molar-refractivity contribution in [3.05, 3.63) is 0 Å². The van der Waals surface area contributed by atoms with Crippen LogP contribution >= 0.6 is 11.8 Å². The third-order valence-electron chi connectivity index (χ3n) is 5.33. The van der Waals surface area contributed by atoms with Crippen LogP contribution in [-0.4, -0.2) is 70.6 Å². The molecule has 23 heavy (non-hydrogen) atoms. The molecule has 2 heterocycles. The molecule has 2 aliphatic heterocycles. The largest absolute Gasteiger partial charge is 0.363 e. The number of ether oxygens (including phenoxy) is 1. The monoisotopic (exact) mass is 340 g/mol. The number of carbonyl (C=O) groups excluding carboxylic acids is 1. The van der Waals surface area contributed by atoms with Gasteiger partial charge in [0.25, 0.3) is 0 Å². The molecule has 0 aromatic carbocycles. The highest BCUT2D eigenvalue weighted by atomic mass is 32.2. The number of morpholine rings is 1. The van der Waals surface area contributed by atoms with Gasteiger partial charge >= 0.3 is 0 Å². The van der Waals surface area contributed by atoms with Crippen LogP contribution in [-0.2, 0) is 9.53 Å². The van der Waals surface area contributed by atoms with Crippen molar-refractivity contribution in [1.82, 2.24) is 9.80 Å². The van der Waals surface area contributed by atoms with Gasteiger partial charge in [0.15, 0.2) is 0 Å². The number of carbonyl (C=O) groups is 1. The summed E-state index contributed by atoms with van der Waals surface area (Å²) in [5.74, 6) is 1.41. The van der Waals surface area contributed by atoms with E-state index in [1.165, 1.54) is 37.9 Å². The molecular formula is C18H32N2O2S. The molecule has 2 saturated heterocycles. The highest BCUT2D eigenvalue weighted by molar-refractivity contribution is 7.99. The summed E-state index contributed by atoms with van der Waals surface area (Å²) < 4.78 is 6.36. The second-order valence-electron chi connectivity index (χ2n) is 8.26. The average molecular weight is 341 g/mol. The maximum atomic E-state index is 11.8. The van der Waals surface area contributed by atoms with Crippen LogP contribution in [0, 0.1) is 0 Å². The van der Waals surface area contributed by atoms with Crippen LogP contribution in [0.3, 0.4) is 0 Å². The van der Waals surface area contributed by atoms with Gasteiger partial charge in [0.2, 0.25) is 5.91 Å². The Hall–Kier alpha value is -0.260. The Morgan fingerprint density at radius 2 is 1.83 bits per heavy atom. The maximum absolute atomic E-state index is 11.8. The Morgan fingerprint density at radius 1 is 1.13 bits per heavy atom. The van der Waals surface area contributed by atoms with Gasteiger partial charge in [0.1, 0.15) is 5.60 Å². The van der Waals surface area contributed by atoms with Crippen LogP contribution in [0.25, 0.3) is 0 Å². The van der Waals surface area contributed by atoms with Crippen LogP contribution in [0.4, 0.5) is 0 Å². The van der Waals surface area contributed by atoms with Crippen molar-refractivity contribution < 1.29 is 9.53 Å². The highest BCUT2D eigenvalue weighted by Crippen LogP contribution is 2.36. The molecule has 3 fully saturated rings. The van der Waals surface area contributed by atoms with Gasteiger partial charge in [0, 0.05) is 44.1 Å². The standard InChI is InChI=1S/C18H32N2O2S/c1-15(21)20-11-17(2,3)22-18(14-20)12-19(13-18)9-10-23-16-7-5-4-6-8-16/h16H,4-14H2,1-3H3. The summed E-state index contributed by atoms with van der Waals surface area (Å²) in [6.45, 7) is 10.5. The van der Waals surface area contributed by atoms with E-state index < -0.39 is 0 Å². The molecule has 1 spiro atoms. The van der Waals surface area contributed by atoms with Gasteiger partial charge in [-0.3, -0.25) is 9.69 Å². The second kappa shape index (κ2) is 6.93. The zero-order valence-electron chi connectivity index (χ0n) is 15.0.